The molecule has 2 aromatic rings. The van der Waals surface area contributed by atoms with Gasteiger partial charge in [0.05, 0.1) is 0 Å². The standard InChI is InChI=1S/C18H15F4NO2/c19-12-6-4-11(5-7-12)15-9-16(15)17(24)23-13-2-1-3-14(8-13)25-10-18(20,21)22/h1-8,15-16H,9-10H2,(H,23,24). The molecule has 0 radical (unpaired) electrons. The van der Waals surface area contributed by atoms with E-state index < -0.39 is 12.8 Å². The van der Waals surface area contributed by atoms with Crippen molar-refractivity contribution in [2.75, 3.05) is 11.9 Å². The Hall–Kier alpha value is -2.57. The minimum Gasteiger partial charge on any atom is -0.484 e. The first-order valence-corrected chi connectivity index (χ1v) is 7.68. The van der Waals surface area contributed by atoms with Crippen molar-refractivity contribution in [3.63, 3.8) is 0 Å². The van der Waals surface area contributed by atoms with E-state index in [1.807, 2.05) is 0 Å². The van der Waals surface area contributed by atoms with E-state index in [1.165, 1.54) is 30.3 Å². The Balaban J connectivity index is 1.58. The highest BCUT2D eigenvalue weighted by molar-refractivity contribution is 5.95. The number of hydrogen-bond acceptors (Lipinski definition) is 2. The van der Waals surface area contributed by atoms with Crippen LogP contribution in [-0.2, 0) is 4.79 Å². The van der Waals surface area contributed by atoms with Crippen molar-refractivity contribution in [2.45, 2.75) is 18.5 Å². The lowest BCUT2D eigenvalue weighted by Gasteiger charge is -2.11. The van der Waals surface area contributed by atoms with Gasteiger partial charge in [0.2, 0.25) is 5.91 Å². The van der Waals surface area contributed by atoms with E-state index in [-0.39, 0.29) is 29.3 Å². The summed E-state index contributed by atoms with van der Waals surface area (Å²) in [5.41, 5.74) is 1.26. The zero-order valence-electron chi connectivity index (χ0n) is 13.0. The minimum atomic E-state index is -4.42. The Kier molecular flexibility index (Phi) is 4.65. The number of carbonyl (C=O) groups is 1. The summed E-state index contributed by atoms with van der Waals surface area (Å²) in [6, 6.07) is 11.8. The second-order valence-electron chi connectivity index (χ2n) is 5.92. The van der Waals surface area contributed by atoms with Gasteiger partial charge in [0.25, 0.3) is 0 Å². The maximum Gasteiger partial charge on any atom is 0.422 e. The first-order chi connectivity index (χ1) is 11.8. The number of anilines is 1. The Bertz CT molecular complexity index is 758. The van der Waals surface area contributed by atoms with Gasteiger partial charge >= 0.3 is 6.18 Å². The molecule has 0 spiro atoms. The van der Waals surface area contributed by atoms with Crippen molar-refractivity contribution in [3.8, 4) is 5.75 Å². The van der Waals surface area contributed by atoms with Crippen LogP contribution in [0.4, 0.5) is 23.2 Å². The topological polar surface area (TPSA) is 38.3 Å². The Morgan fingerprint density at radius 3 is 2.56 bits per heavy atom. The Morgan fingerprint density at radius 2 is 1.88 bits per heavy atom. The van der Waals surface area contributed by atoms with Crippen molar-refractivity contribution in [3.05, 3.63) is 59.9 Å². The third-order valence-electron chi connectivity index (χ3n) is 3.93. The molecule has 1 saturated carbocycles. The predicted octanol–water partition coefficient (Wildman–Crippen LogP) is 4.51. The molecule has 132 valence electrons. The molecule has 0 bridgehead atoms. The van der Waals surface area contributed by atoms with E-state index in [0.29, 0.717) is 12.1 Å². The Labute approximate surface area is 141 Å². The van der Waals surface area contributed by atoms with Gasteiger partial charge in [-0.1, -0.05) is 18.2 Å². The van der Waals surface area contributed by atoms with E-state index in [1.54, 1.807) is 18.2 Å². The lowest BCUT2D eigenvalue weighted by atomic mass is 10.1. The fourth-order valence-electron chi connectivity index (χ4n) is 2.63. The molecule has 0 aliphatic heterocycles. The molecular formula is C18H15F4NO2. The molecule has 0 aromatic heterocycles. The van der Waals surface area contributed by atoms with Crippen LogP contribution < -0.4 is 10.1 Å². The predicted molar refractivity (Wildman–Crippen MR) is 83.9 cm³/mol. The molecule has 1 amide bonds. The molecule has 0 heterocycles. The second-order valence-corrected chi connectivity index (χ2v) is 5.92. The van der Waals surface area contributed by atoms with Gasteiger partial charge in [-0.15, -0.1) is 0 Å². The summed E-state index contributed by atoms with van der Waals surface area (Å²) < 4.78 is 54.1. The maximum atomic E-state index is 12.9. The second kappa shape index (κ2) is 6.74. The summed E-state index contributed by atoms with van der Waals surface area (Å²) in [6.07, 6.45) is -3.77. The number of rotatable bonds is 5. The monoisotopic (exact) mass is 353 g/mol. The van der Waals surface area contributed by atoms with Crippen molar-refractivity contribution in [1.29, 1.82) is 0 Å². The van der Waals surface area contributed by atoms with Gasteiger partial charge in [0.1, 0.15) is 11.6 Å². The molecule has 3 nitrogen and oxygen atoms in total. The fraction of sp³-hybridized carbons (Fsp3) is 0.278. The maximum absolute atomic E-state index is 12.9. The van der Waals surface area contributed by atoms with E-state index in [4.69, 9.17) is 0 Å². The van der Waals surface area contributed by atoms with Crippen LogP contribution in [0.5, 0.6) is 5.75 Å². The van der Waals surface area contributed by atoms with Gasteiger partial charge in [-0.3, -0.25) is 4.79 Å². The first kappa shape index (κ1) is 17.3. The van der Waals surface area contributed by atoms with Gasteiger partial charge in [-0.2, -0.15) is 13.2 Å². The third-order valence-corrected chi connectivity index (χ3v) is 3.93. The number of benzene rings is 2. The molecule has 25 heavy (non-hydrogen) atoms. The zero-order valence-corrected chi connectivity index (χ0v) is 13.0. The quantitative estimate of drug-likeness (QED) is 0.804. The summed E-state index contributed by atoms with van der Waals surface area (Å²) in [6.45, 7) is -1.39. The Morgan fingerprint density at radius 1 is 1.16 bits per heavy atom. The van der Waals surface area contributed by atoms with E-state index in [0.717, 1.165) is 5.56 Å². The fourth-order valence-corrected chi connectivity index (χ4v) is 2.63. The molecule has 1 N–H and O–H groups in total. The van der Waals surface area contributed by atoms with Crippen molar-refractivity contribution >= 4 is 11.6 Å². The smallest absolute Gasteiger partial charge is 0.422 e. The normalized spacial score (nSPS) is 19.4. The van der Waals surface area contributed by atoms with Gasteiger partial charge in [-0.25, -0.2) is 4.39 Å². The van der Waals surface area contributed by atoms with E-state index in [9.17, 15) is 22.4 Å². The SMILES string of the molecule is O=C(Nc1cccc(OCC(F)(F)F)c1)C1CC1c1ccc(F)cc1. The number of alkyl halides is 3. The summed E-state index contributed by atoms with van der Waals surface area (Å²) in [7, 11) is 0. The van der Waals surface area contributed by atoms with Crippen LogP contribution in [0.3, 0.4) is 0 Å². The number of nitrogens with one attached hydrogen (secondary N) is 1. The molecule has 7 heteroatoms. The average molecular weight is 353 g/mol. The highest BCUT2D eigenvalue weighted by Gasteiger charge is 2.43. The summed E-state index contributed by atoms with van der Waals surface area (Å²) in [5.74, 6) is -0.722. The molecular weight excluding hydrogens is 338 g/mol. The summed E-state index contributed by atoms with van der Waals surface area (Å²) in [4.78, 5) is 12.2. The van der Waals surface area contributed by atoms with Crippen LogP contribution in [0, 0.1) is 11.7 Å². The number of carbonyl (C=O) groups excluding carboxylic acids is 1. The minimum absolute atomic E-state index is 0.0287. The van der Waals surface area contributed by atoms with Gasteiger partial charge < -0.3 is 10.1 Å². The molecule has 2 atom stereocenters. The third kappa shape index (κ3) is 4.71. The molecule has 1 aliphatic rings. The van der Waals surface area contributed by atoms with Crippen molar-refractivity contribution in [2.24, 2.45) is 5.92 Å². The zero-order chi connectivity index (χ0) is 18.0. The molecule has 0 saturated heterocycles. The van der Waals surface area contributed by atoms with Crippen LogP contribution >= 0.6 is 0 Å². The van der Waals surface area contributed by atoms with Gasteiger partial charge in [0, 0.05) is 17.7 Å². The van der Waals surface area contributed by atoms with Crippen LogP contribution in [0.1, 0.15) is 17.9 Å². The molecule has 2 aromatic carbocycles. The number of ether oxygens (including phenoxy) is 1. The van der Waals surface area contributed by atoms with Crippen LogP contribution in [-0.4, -0.2) is 18.7 Å². The molecule has 1 aliphatic carbocycles. The number of hydrogen-bond donors (Lipinski definition) is 1. The lowest BCUT2D eigenvalue weighted by molar-refractivity contribution is -0.153. The first-order valence-electron chi connectivity index (χ1n) is 7.68. The number of halogens is 4. The summed E-state index contributed by atoms with van der Waals surface area (Å²) in [5, 5.41) is 2.68. The van der Waals surface area contributed by atoms with Gasteiger partial charge in [-0.05, 0) is 42.2 Å². The van der Waals surface area contributed by atoms with Crippen LogP contribution in [0.2, 0.25) is 0 Å². The highest BCUT2D eigenvalue weighted by atomic mass is 19.4. The van der Waals surface area contributed by atoms with Crippen LogP contribution in [0.25, 0.3) is 0 Å². The van der Waals surface area contributed by atoms with Gasteiger partial charge in [0.15, 0.2) is 6.61 Å². The van der Waals surface area contributed by atoms with E-state index >= 15 is 0 Å². The lowest BCUT2D eigenvalue weighted by Crippen LogP contribution is -2.19. The summed E-state index contributed by atoms with van der Waals surface area (Å²) >= 11 is 0. The molecule has 2 unspecified atom stereocenters. The number of amides is 1. The van der Waals surface area contributed by atoms with Crippen molar-refractivity contribution in [1.82, 2.24) is 0 Å². The average Bonchev–Trinajstić information content (AvgIpc) is 3.34. The molecule has 3 rings (SSSR count). The van der Waals surface area contributed by atoms with Crippen molar-refractivity contribution < 1.29 is 27.1 Å². The largest absolute Gasteiger partial charge is 0.484 e. The molecule has 1 fully saturated rings. The highest BCUT2D eigenvalue weighted by Crippen LogP contribution is 2.48. The van der Waals surface area contributed by atoms with E-state index in [2.05, 4.69) is 10.1 Å². The van der Waals surface area contributed by atoms with Crippen LogP contribution in [0.15, 0.2) is 48.5 Å².